The van der Waals surface area contributed by atoms with Crippen molar-refractivity contribution < 1.29 is 13.2 Å². The summed E-state index contributed by atoms with van der Waals surface area (Å²) in [6.45, 7) is 0.487. The summed E-state index contributed by atoms with van der Waals surface area (Å²) in [5, 5.41) is 4.96. The van der Waals surface area contributed by atoms with E-state index in [1.54, 1.807) is 18.2 Å². The molecule has 0 aliphatic heterocycles. The van der Waals surface area contributed by atoms with Gasteiger partial charge in [0.15, 0.2) is 0 Å². The van der Waals surface area contributed by atoms with Gasteiger partial charge < -0.3 is 11.1 Å². The highest BCUT2D eigenvalue weighted by Gasteiger charge is 2.27. The summed E-state index contributed by atoms with van der Waals surface area (Å²) in [5.41, 5.74) is 9.95. The Kier molecular flexibility index (Phi) is 7.37. The predicted octanol–water partition coefficient (Wildman–Crippen LogP) is 4.90. The SMILES string of the molecule is NCc1ccc2c(c1)CCCC2NC(=O)CC(NS(=O)(=O)c1ccc2ccccc2c1)c1ccccc1. The number of sulfonamides is 1. The third-order valence-electron chi connectivity index (χ3n) is 7.01. The van der Waals surface area contributed by atoms with Crippen LogP contribution in [-0.2, 0) is 27.8 Å². The summed E-state index contributed by atoms with van der Waals surface area (Å²) in [4.78, 5) is 13.4. The number of fused-ring (bicyclic) bond motifs is 2. The first kappa shape index (κ1) is 25.1. The third-order valence-corrected chi connectivity index (χ3v) is 8.48. The van der Waals surface area contributed by atoms with Crippen molar-refractivity contribution in [3.05, 3.63) is 113 Å². The zero-order chi connectivity index (χ0) is 25.8. The highest BCUT2D eigenvalue weighted by molar-refractivity contribution is 7.89. The highest BCUT2D eigenvalue weighted by atomic mass is 32.2. The Bertz CT molecular complexity index is 1520. The molecule has 0 fully saturated rings. The molecule has 0 bridgehead atoms. The fourth-order valence-corrected chi connectivity index (χ4v) is 6.35. The minimum atomic E-state index is -3.88. The van der Waals surface area contributed by atoms with E-state index < -0.39 is 16.1 Å². The molecular weight excluding hydrogens is 482 g/mol. The van der Waals surface area contributed by atoms with Crippen LogP contribution in [0.1, 0.15) is 53.6 Å². The lowest BCUT2D eigenvalue weighted by Gasteiger charge is -2.28. The zero-order valence-corrected chi connectivity index (χ0v) is 21.4. The first-order valence-corrected chi connectivity index (χ1v) is 14.1. The van der Waals surface area contributed by atoms with Crippen molar-refractivity contribution in [1.29, 1.82) is 0 Å². The smallest absolute Gasteiger partial charge is 0.241 e. The van der Waals surface area contributed by atoms with Crippen molar-refractivity contribution in [2.24, 2.45) is 5.73 Å². The number of carbonyl (C=O) groups is 1. The molecule has 7 heteroatoms. The first-order valence-electron chi connectivity index (χ1n) is 12.6. The van der Waals surface area contributed by atoms with Crippen LogP contribution in [0.2, 0.25) is 0 Å². The summed E-state index contributed by atoms with van der Waals surface area (Å²) in [5.74, 6) is -0.198. The van der Waals surface area contributed by atoms with Crippen molar-refractivity contribution in [2.45, 2.75) is 49.2 Å². The Morgan fingerprint density at radius 1 is 0.919 bits per heavy atom. The number of nitrogens with two attached hydrogens (primary N) is 1. The normalized spacial score (nSPS) is 16.2. The monoisotopic (exact) mass is 513 g/mol. The highest BCUT2D eigenvalue weighted by Crippen LogP contribution is 2.31. The standard InChI is InChI=1S/C30H31N3O3S/c31-20-21-13-16-27-25(17-21)11-6-12-28(27)32-30(34)19-29(23-8-2-1-3-9-23)33-37(35,36)26-15-14-22-7-4-5-10-24(22)18-26/h1-5,7-10,13-18,28-29,33H,6,11-12,19-20,31H2,(H,32,34). The van der Waals surface area contributed by atoms with E-state index in [9.17, 15) is 13.2 Å². The van der Waals surface area contributed by atoms with E-state index in [1.165, 1.54) is 5.56 Å². The molecular formula is C30H31N3O3S. The van der Waals surface area contributed by atoms with E-state index in [0.717, 1.165) is 46.7 Å². The van der Waals surface area contributed by atoms with Gasteiger partial charge in [-0.3, -0.25) is 4.79 Å². The van der Waals surface area contributed by atoms with E-state index in [0.29, 0.717) is 6.54 Å². The molecule has 1 aliphatic rings. The van der Waals surface area contributed by atoms with Gasteiger partial charge in [0.2, 0.25) is 15.9 Å². The van der Waals surface area contributed by atoms with Crippen LogP contribution in [0.25, 0.3) is 10.8 Å². The lowest BCUT2D eigenvalue weighted by atomic mass is 9.86. The van der Waals surface area contributed by atoms with E-state index in [4.69, 9.17) is 5.73 Å². The molecule has 4 aromatic rings. The van der Waals surface area contributed by atoms with E-state index in [-0.39, 0.29) is 23.3 Å². The van der Waals surface area contributed by atoms with Crippen molar-refractivity contribution in [1.82, 2.24) is 10.0 Å². The van der Waals surface area contributed by atoms with Crippen LogP contribution in [0.3, 0.4) is 0 Å². The van der Waals surface area contributed by atoms with Crippen LogP contribution in [0, 0.1) is 0 Å². The summed E-state index contributed by atoms with van der Waals surface area (Å²) >= 11 is 0. The van der Waals surface area contributed by atoms with Crippen LogP contribution in [0.15, 0.2) is 95.9 Å². The number of benzene rings is 4. The lowest BCUT2D eigenvalue weighted by molar-refractivity contribution is -0.122. The molecule has 190 valence electrons. The van der Waals surface area contributed by atoms with E-state index >= 15 is 0 Å². The molecule has 0 saturated heterocycles. The van der Waals surface area contributed by atoms with Crippen molar-refractivity contribution in [3.8, 4) is 0 Å². The molecule has 0 spiro atoms. The summed E-state index contributed by atoms with van der Waals surface area (Å²) in [7, 11) is -3.88. The Labute approximate surface area is 218 Å². The van der Waals surface area contributed by atoms with Gasteiger partial charge in [-0.2, -0.15) is 0 Å². The third kappa shape index (κ3) is 5.74. The van der Waals surface area contributed by atoms with Gasteiger partial charge in [-0.15, -0.1) is 0 Å². The van der Waals surface area contributed by atoms with Crippen LogP contribution in [-0.4, -0.2) is 14.3 Å². The van der Waals surface area contributed by atoms with Gasteiger partial charge in [-0.1, -0.05) is 78.9 Å². The van der Waals surface area contributed by atoms with Crippen LogP contribution in [0.5, 0.6) is 0 Å². The zero-order valence-electron chi connectivity index (χ0n) is 20.6. The second kappa shape index (κ2) is 10.8. The average molecular weight is 514 g/mol. The van der Waals surface area contributed by atoms with Crippen LogP contribution >= 0.6 is 0 Å². The molecule has 1 amide bonds. The Hall–Kier alpha value is -3.52. The lowest BCUT2D eigenvalue weighted by Crippen LogP contribution is -2.36. The van der Waals surface area contributed by atoms with Gasteiger partial charge >= 0.3 is 0 Å². The Morgan fingerprint density at radius 3 is 2.46 bits per heavy atom. The van der Waals surface area contributed by atoms with Crippen molar-refractivity contribution >= 4 is 26.7 Å². The number of amides is 1. The Balaban J connectivity index is 1.36. The van der Waals surface area contributed by atoms with Crippen molar-refractivity contribution in [2.75, 3.05) is 0 Å². The van der Waals surface area contributed by atoms with Gasteiger partial charge in [-0.05, 0) is 64.4 Å². The van der Waals surface area contributed by atoms with Gasteiger partial charge in [-0.25, -0.2) is 13.1 Å². The molecule has 4 aromatic carbocycles. The second-order valence-electron chi connectivity index (χ2n) is 9.55. The molecule has 0 saturated carbocycles. The minimum Gasteiger partial charge on any atom is -0.349 e. The van der Waals surface area contributed by atoms with Gasteiger partial charge in [0.25, 0.3) is 0 Å². The summed E-state index contributed by atoms with van der Waals surface area (Å²) < 4.78 is 29.6. The quantitative estimate of drug-likeness (QED) is 0.312. The second-order valence-corrected chi connectivity index (χ2v) is 11.3. The molecule has 5 rings (SSSR count). The number of hydrogen-bond acceptors (Lipinski definition) is 4. The molecule has 1 aliphatic carbocycles. The van der Waals surface area contributed by atoms with Crippen LogP contribution in [0.4, 0.5) is 0 Å². The maximum Gasteiger partial charge on any atom is 0.241 e. The fourth-order valence-electron chi connectivity index (χ4n) is 5.09. The maximum absolute atomic E-state index is 13.4. The summed E-state index contributed by atoms with van der Waals surface area (Å²) in [6.07, 6.45) is 2.78. The topological polar surface area (TPSA) is 101 Å². The summed E-state index contributed by atoms with van der Waals surface area (Å²) in [6, 6.07) is 27.3. The van der Waals surface area contributed by atoms with E-state index in [2.05, 4.69) is 22.2 Å². The molecule has 6 nitrogen and oxygen atoms in total. The molecule has 2 unspecified atom stereocenters. The van der Waals surface area contributed by atoms with Gasteiger partial charge in [0, 0.05) is 13.0 Å². The average Bonchev–Trinajstić information content (AvgIpc) is 2.92. The van der Waals surface area contributed by atoms with Crippen LogP contribution < -0.4 is 15.8 Å². The molecule has 0 heterocycles. The maximum atomic E-state index is 13.4. The molecule has 0 aromatic heterocycles. The fraction of sp³-hybridized carbons (Fsp3) is 0.233. The molecule has 0 radical (unpaired) electrons. The molecule has 37 heavy (non-hydrogen) atoms. The van der Waals surface area contributed by atoms with Gasteiger partial charge in [0.1, 0.15) is 0 Å². The molecule has 2 atom stereocenters. The predicted molar refractivity (Wildman–Crippen MR) is 146 cm³/mol. The Morgan fingerprint density at radius 2 is 1.68 bits per heavy atom. The van der Waals surface area contributed by atoms with E-state index in [1.807, 2.05) is 60.7 Å². The minimum absolute atomic E-state index is 0.0104. The van der Waals surface area contributed by atoms with Crippen molar-refractivity contribution in [3.63, 3.8) is 0 Å². The van der Waals surface area contributed by atoms with Gasteiger partial charge in [0.05, 0.1) is 17.0 Å². The largest absolute Gasteiger partial charge is 0.349 e. The first-order chi connectivity index (χ1) is 17.9. The number of carbonyl (C=O) groups excluding carboxylic acids is 1. The number of rotatable bonds is 8. The number of aryl methyl sites for hydroxylation is 1. The number of hydrogen-bond donors (Lipinski definition) is 3. The number of nitrogens with one attached hydrogen (secondary N) is 2. The molecule has 4 N–H and O–H groups in total.